The van der Waals surface area contributed by atoms with E-state index in [1.54, 1.807) is 0 Å². The number of aryl methyl sites for hydroxylation is 1. The fourth-order valence-corrected chi connectivity index (χ4v) is 6.60. The van der Waals surface area contributed by atoms with Gasteiger partial charge in [-0.3, -0.25) is 0 Å². The van der Waals surface area contributed by atoms with Crippen LogP contribution in [0.4, 0.5) is 0 Å². The molecule has 3 aliphatic rings. The van der Waals surface area contributed by atoms with E-state index in [0.717, 1.165) is 31.4 Å². The summed E-state index contributed by atoms with van der Waals surface area (Å²) in [6, 6.07) is 19.4. The zero-order valence-electron chi connectivity index (χ0n) is 17.1. The summed E-state index contributed by atoms with van der Waals surface area (Å²) < 4.78 is 6.05. The summed E-state index contributed by atoms with van der Waals surface area (Å²) in [4.78, 5) is 0. The molecule has 150 valence electrons. The number of rotatable bonds is 3. The molecule has 0 spiro atoms. The molecule has 2 aromatic rings. The fraction of sp³-hybridized carbons (Fsp3) is 0.500. The van der Waals surface area contributed by atoms with Crippen LogP contribution in [0.5, 0.6) is 5.75 Å². The van der Waals surface area contributed by atoms with Crippen LogP contribution in [-0.2, 0) is 13.0 Å². The number of nitrogens with zero attached hydrogens (tertiary/aromatic N) is 1. The van der Waals surface area contributed by atoms with Gasteiger partial charge >= 0.3 is 0 Å². The summed E-state index contributed by atoms with van der Waals surface area (Å²) in [6.45, 7) is 2.82. The maximum atomic E-state index is 10.7. The number of aliphatic hydroxyl groups is 1. The molecule has 2 aromatic carbocycles. The average Bonchev–Trinajstić information content (AvgIpc) is 3.03. The van der Waals surface area contributed by atoms with Gasteiger partial charge < -0.3 is 9.84 Å². The highest BCUT2D eigenvalue weighted by molar-refractivity contribution is 5.41. The van der Waals surface area contributed by atoms with Gasteiger partial charge in [0.15, 0.2) is 0 Å². The number of fused-ring (bicyclic) bond motifs is 5. The van der Waals surface area contributed by atoms with Gasteiger partial charge in [-0.05, 0) is 84.1 Å². The molecule has 0 radical (unpaired) electrons. The van der Waals surface area contributed by atoms with Crippen molar-refractivity contribution in [2.24, 2.45) is 23.2 Å². The number of hydrogen-bond donors (Lipinski definition) is 1. The first-order valence-electron chi connectivity index (χ1n) is 11.0. The van der Waals surface area contributed by atoms with Crippen LogP contribution < -0.4 is 4.74 Å². The van der Waals surface area contributed by atoms with Crippen LogP contribution in [0.25, 0.3) is 0 Å². The molecule has 0 aliphatic heterocycles. The van der Waals surface area contributed by atoms with Gasteiger partial charge in [0.2, 0.25) is 0 Å². The summed E-state index contributed by atoms with van der Waals surface area (Å²) in [6.07, 6.45) is 4.62. The molecule has 0 bridgehead atoms. The minimum Gasteiger partial charge on any atom is -0.489 e. The highest BCUT2D eigenvalue weighted by Crippen LogP contribution is 2.62. The predicted octanol–water partition coefficient (Wildman–Crippen LogP) is 5.23. The SMILES string of the molecule is C[C@]12CC[C@@H]3c4ccc(OCc5ccccc5)cc4CC[C@H]3[C@@H]1[C@H](C#N)C[C@@H]2O. The van der Waals surface area contributed by atoms with Gasteiger partial charge in [-0.2, -0.15) is 5.26 Å². The highest BCUT2D eigenvalue weighted by Gasteiger charge is 2.58. The monoisotopic (exact) mass is 387 g/mol. The normalized spacial score (nSPS) is 35.1. The van der Waals surface area contributed by atoms with Crippen molar-refractivity contribution in [1.29, 1.82) is 5.26 Å². The molecular formula is C26H29NO2. The molecule has 0 unspecified atom stereocenters. The van der Waals surface area contributed by atoms with Crippen molar-refractivity contribution in [2.75, 3.05) is 0 Å². The van der Waals surface area contributed by atoms with Crippen molar-refractivity contribution in [3.8, 4) is 11.8 Å². The van der Waals surface area contributed by atoms with Crippen molar-refractivity contribution in [3.05, 3.63) is 65.2 Å². The average molecular weight is 388 g/mol. The van der Waals surface area contributed by atoms with E-state index in [4.69, 9.17) is 4.74 Å². The lowest BCUT2D eigenvalue weighted by Gasteiger charge is -2.50. The predicted molar refractivity (Wildman–Crippen MR) is 112 cm³/mol. The maximum Gasteiger partial charge on any atom is 0.120 e. The third kappa shape index (κ3) is 3.06. The van der Waals surface area contributed by atoms with Crippen molar-refractivity contribution in [2.45, 2.75) is 57.7 Å². The lowest BCUT2D eigenvalue weighted by atomic mass is 9.54. The van der Waals surface area contributed by atoms with Gasteiger partial charge in [-0.1, -0.05) is 43.3 Å². The van der Waals surface area contributed by atoms with E-state index in [2.05, 4.69) is 43.3 Å². The molecule has 2 saturated carbocycles. The highest BCUT2D eigenvalue weighted by atomic mass is 16.5. The van der Waals surface area contributed by atoms with Crippen LogP contribution >= 0.6 is 0 Å². The third-order valence-electron chi connectivity index (χ3n) is 8.08. The maximum absolute atomic E-state index is 10.7. The van der Waals surface area contributed by atoms with Crippen LogP contribution in [-0.4, -0.2) is 11.2 Å². The van der Waals surface area contributed by atoms with Crippen molar-refractivity contribution in [1.82, 2.24) is 0 Å². The number of hydrogen-bond acceptors (Lipinski definition) is 3. The van der Waals surface area contributed by atoms with E-state index in [1.807, 2.05) is 18.2 Å². The molecular weight excluding hydrogens is 358 g/mol. The summed E-state index contributed by atoms with van der Waals surface area (Å²) in [5.41, 5.74) is 3.96. The molecule has 0 heterocycles. The Labute approximate surface area is 173 Å². The lowest BCUT2D eigenvalue weighted by molar-refractivity contribution is -0.0265. The minimum atomic E-state index is -0.326. The van der Waals surface area contributed by atoms with Gasteiger partial charge in [-0.15, -0.1) is 0 Å². The smallest absolute Gasteiger partial charge is 0.120 e. The molecule has 3 aliphatic carbocycles. The van der Waals surface area contributed by atoms with E-state index in [9.17, 15) is 10.4 Å². The Balaban J connectivity index is 1.37. The molecule has 29 heavy (non-hydrogen) atoms. The first kappa shape index (κ1) is 18.7. The minimum absolute atomic E-state index is 0.00201. The van der Waals surface area contributed by atoms with E-state index in [0.29, 0.717) is 30.8 Å². The van der Waals surface area contributed by atoms with Crippen LogP contribution in [0.1, 0.15) is 55.2 Å². The fourth-order valence-electron chi connectivity index (χ4n) is 6.60. The second-order valence-electron chi connectivity index (χ2n) is 9.50. The summed E-state index contributed by atoms with van der Waals surface area (Å²) in [5.74, 6) is 2.29. The van der Waals surface area contributed by atoms with Crippen LogP contribution in [0.15, 0.2) is 48.5 Å². The molecule has 1 N–H and O–H groups in total. The molecule has 0 aromatic heterocycles. The quantitative estimate of drug-likeness (QED) is 0.784. The Kier molecular flexibility index (Phi) is 4.63. The molecule has 2 fully saturated rings. The van der Waals surface area contributed by atoms with Gasteiger partial charge in [0.1, 0.15) is 12.4 Å². The number of aliphatic hydroxyl groups excluding tert-OH is 1. The van der Waals surface area contributed by atoms with Gasteiger partial charge in [-0.25, -0.2) is 0 Å². The van der Waals surface area contributed by atoms with E-state index in [-0.39, 0.29) is 17.4 Å². The molecule has 0 amide bonds. The van der Waals surface area contributed by atoms with Gasteiger partial charge in [0.05, 0.1) is 18.1 Å². The molecule has 5 rings (SSSR count). The number of ether oxygens (including phenoxy) is 1. The van der Waals surface area contributed by atoms with E-state index in [1.165, 1.54) is 16.7 Å². The Morgan fingerprint density at radius 1 is 1.17 bits per heavy atom. The van der Waals surface area contributed by atoms with Crippen LogP contribution in [0.2, 0.25) is 0 Å². The largest absolute Gasteiger partial charge is 0.489 e. The van der Waals surface area contributed by atoms with Gasteiger partial charge in [0, 0.05) is 0 Å². The zero-order chi connectivity index (χ0) is 20.0. The van der Waals surface area contributed by atoms with E-state index >= 15 is 0 Å². The topological polar surface area (TPSA) is 53.2 Å². The number of benzene rings is 2. The summed E-state index contributed by atoms with van der Waals surface area (Å²) in [7, 11) is 0. The molecule has 3 heteroatoms. The molecule has 3 nitrogen and oxygen atoms in total. The number of nitriles is 1. The van der Waals surface area contributed by atoms with Crippen molar-refractivity contribution < 1.29 is 9.84 Å². The van der Waals surface area contributed by atoms with Gasteiger partial charge in [0.25, 0.3) is 0 Å². The summed E-state index contributed by atoms with van der Waals surface area (Å²) >= 11 is 0. The van der Waals surface area contributed by atoms with Crippen LogP contribution in [0, 0.1) is 34.5 Å². The lowest BCUT2D eigenvalue weighted by Crippen LogP contribution is -2.45. The first-order chi connectivity index (χ1) is 14.1. The standard InChI is InChI=1S/C26H29NO2/c1-26-12-11-22-21-10-8-20(29-16-17-5-3-2-4-6-17)13-18(21)7-9-23(22)25(26)19(15-27)14-24(26)28/h2-6,8,10,13,19,22-25,28H,7,9,11-12,14,16H2,1H3/t19-,22+,23+,24-,25-,26+/m0/s1. The Morgan fingerprint density at radius 2 is 2.00 bits per heavy atom. The molecule has 6 atom stereocenters. The zero-order valence-corrected chi connectivity index (χ0v) is 17.1. The van der Waals surface area contributed by atoms with Crippen LogP contribution in [0.3, 0.4) is 0 Å². The Morgan fingerprint density at radius 3 is 2.79 bits per heavy atom. The first-order valence-corrected chi connectivity index (χ1v) is 11.0. The van der Waals surface area contributed by atoms with E-state index < -0.39 is 0 Å². The van der Waals surface area contributed by atoms with Crippen molar-refractivity contribution >= 4 is 0 Å². The Bertz CT molecular complexity index is 933. The second kappa shape index (κ2) is 7.18. The second-order valence-corrected chi connectivity index (χ2v) is 9.50. The Hall–Kier alpha value is -2.31. The van der Waals surface area contributed by atoms with Crippen molar-refractivity contribution in [3.63, 3.8) is 0 Å². The summed E-state index contributed by atoms with van der Waals surface area (Å²) in [5, 5.41) is 20.4. The third-order valence-corrected chi connectivity index (χ3v) is 8.08. The molecule has 0 saturated heterocycles.